The number of nitriles is 1. The van der Waals surface area contributed by atoms with Crippen LogP contribution in [0.2, 0.25) is 0 Å². The van der Waals surface area contributed by atoms with E-state index in [0.29, 0.717) is 36.5 Å². The molecule has 0 N–H and O–H groups in total. The van der Waals surface area contributed by atoms with Gasteiger partial charge in [0.2, 0.25) is 0 Å². The maximum Gasteiger partial charge on any atom is 0.271 e. The van der Waals surface area contributed by atoms with Crippen molar-refractivity contribution in [3.8, 4) is 28.8 Å². The van der Waals surface area contributed by atoms with Crippen molar-refractivity contribution in [3.05, 3.63) is 83.1 Å². The molecule has 8 heteroatoms. The number of imide groups is 1. The van der Waals surface area contributed by atoms with E-state index in [-0.39, 0.29) is 23.8 Å². The van der Waals surface area contributed by atoms with Gasteiger partial charge >= 0.3 is 0 Å². The minimum absolute atomic E-state index is 0.0382. The van der Waals surface area contributed by atoms with E-state index >= 15 is 0 Å². The Balaban J connectivity index is 1.78. The number of amides is 2. The van der Waals surface area contributed by atoms with Gasteiger partial charge in [0.1, 0.15) is 17.4 Å². The van der Waals surface area contributed by atoms with Gasteiger partial charge in [0.15, 0.2) is 0 Å². The molecule has 0 unspecified atom stereocenters. The van der Waals surface area contributed by atoms with Crippen molar-refractivity contribution < 1.29 is 19.1 Å². The number of hydrogen-bond acceptors (Lipinski definition) is 6. The Bertz CT molecular complexity index is 1440. The first kappa shape index (κ1) is 27.6. The zero-order valence-electron chi connectivity index (χ0n) is 22.7. The van der Waals surface area contributed by atoms with Gasteiger partial charge in [-0.1, -0.05) is 18.2 Å². The fourth-order valence-corrected chi connectivity index (χ4v) is 4.34. The van der Waals surface area contributed by atoms with Crippen molar-refractivity contribution in [2.75, 3.05) is 19.8 Å². The highest BCUT2D eigenvalue weighted by Crippen LogP contribution is 2.32. The van der Waals surface area contributed by atoms with Crippen molar-refractivity contribution in [1.29, 1.82) is 5.26 Å². The molecule has 1 aliphatic rings. The summed E-state index contributed by atoms with van der Waals surface area (Å²) in [7, 11) is 0. The lowest BCUT2D eigenvalue weighted by molar-refractivity contribution is -0.140. The van der Waals surface area contributed by atoms with Gasteiger partial charge < -0.3 is 9.47 Å². The van der Waals surface area contributed by atoms with Crippen molar-refractivity contribution >= 4 is 17.9 Å². The first-order valence-electron chi connectivity index (χ1n) is 13.0. The van der Waals surface area contributed by atoms with E-state index in [0.717, 1.165) is 21.9 Å². The predicted octanol–water partition coefficient (Wildman–Crippen LogP) is 5.35. The Morgan fingerprint density at radius 2 is 1.77 bits per heavy atom. The summed E-state index contributed by atoms with van der Waals surface area (Å²) in [6, 6.07) is 19.3. The molecule has 1 aromatic heterocycles. The normalized spacial score (nSPS) is 14.9. The third-order valence-corrected chi connectivity index (χ3v) is 6.30. The number of hydrogen-bond donors (Lipinski definition) is 0. The molecular formula is C31H32N4O4. The molecule has 0 radical (unpaired) electrons. The zero-order chi connectivity index (χ0) is 27.9. The Hall–Kier alpha value is -4.48. The summed E-state index contributed by atoms with van der Waals surface area (Å²) in [5.41, 5.74) is 3.63. The van der Waals surface area contributed by atoms with Crippen LogP contribution < -0.4 is 4.74 Å². The van der Waals surface area contributed by atoms with Crippen LogP contribution in [0.15, 0.2) is 77.5 Å². The molecule has 0 saturated carbocycles. The van der Waals surface area contributed by atoms with Crippen LogP contribution in [0.5, 0.6) is 5.75 Å². The highest BCUT2D eigenvalue weighted by molar-refractivity contribution is 6.19. The number of carbonyl (C=O) groups is 2. The topological polar surface area (TPSA) is 97.4 Å². The lowest BCUT2D eigenvalue weighted by atomic mass is 9.93. The summed E-state index contributed by atoms with van der Waals surface area (Å²) in [4.78, 5) is 27.7. The molecule has 200 valence electrons. The van der Waals surface area contributed by atoms with Gasteiger partial charge in [-0.2, -0.15) is 10.4 Å². The molecule has 2 heterocycles. The molecule has 0 spiro atoms. The standard InChI is InChI=1S/C31H32N4O4/c1-5-38-26-14-12-23(13-15-26)29-24(20-35(33-29)25-10-7-6-8-11-25)18-27-22(4)28(19-32)31(37)34(30(27)36)16-9-17-39-21(2)3/h6-8,10-15,18,20-21H,5,9,16-17H2,1-4H3/b27-18+. The summed E-state index contributed by atoms with van der Waals surface area (Å²) in [5, 5.41) is 14.6. The Labute approximate surface area is 228 Å². The smallest absolute Gasteiger partial charge is 0.271 e. The van der Waals surface area contributed by atoms with E-state index in [1.165, 1.54) is 0 Å². The minimum Gasteiger partial charge on any atom is -0.494 e. The van der Waals surface area contributed by atoms with E-state index in [4.69, 9.17) is 14.6 Å². The molecule has 0 fully saturated rings. The first-order chi connectivity index (χ1) is 18.8. The second kappa shape index (κ2) is 12.4. The van der Waals surface area contributed by atoms with Gasteiger partial charge in [-0.25, -0.2) is 4.68 Å². The summed E-state index contributed by atoms with van der Waals surface area (Å²) >= 11 is 0. The predicted molar refractivity (Wildman–Crippen MR) is 149 cm³/mol. The number of aromatic nitrogens is 2. The summed E-state index contributed by atoms with van der Waals surface area (Å²) in [6.45, 7) is 8.55. The highest BCUT2D eigenvalue weighted by Gasteiger charge is 2.35. The second-order valence-electron chi connectivity index (χ2n) is 9.38. The number of nitrogens with zero attached hydrogens (tertiary/aromatic N) is 4. The van der Waals surface area contributed by atoms with Crippen LogP contribution in [0, 0.1) is 11.3 Å². The molecular weight excluding hydrogens is 492 g/mol. The molecule has 0 aliphatic carbocycles. The minimum atomic E-state index is -0.576. The van der Waals surface area contributed by atoms with Crippen molar-refractivity contribution in [3.63, 3.8) is 0 Å². The lowest BCUT2D eigenvalue weighted by Gasteiger charge is -2.27. The van der Waals surface area contributed by atoms with Crippen LogP contribution in [0.4, 0.5) is 0 Å². The molecule has 0 atom stereocenters. The molecule has 8 nitrogen and oxygen atoms in total. The Kier molecular flexibility index (Phi) is 8.74. The summed E-state index contributed by atoms with van der Waals surface area (Å²) < 4.78 is 12.9. The maximum atomic E-state index is 13.6. The van der Waals surface area contributed by atoms with Gasteiger partial charge in [-0.3, -0.25) is 14.5 Å². The number of ether oxygens (including phenoxy) is 2. The van der Waals surface area contributed by atoms with Crippen LogP contribution in [-0.2, 0) is 14.3 Å². The monoisotopic (exact) mass is 524 g/mol. The number of benzene rings is 2. The quantitative estimate of drug-likeness (QED) is 0.202. The van der Waals surface area contributed by atoms with Crippen LogP contribution in [0.1, 0.15) is 39.7 Å². The van der Waals surface area contributed by atoms with E-state index < -0.39 is 11.8 Å². The zero-order valence-corrected chi connectivity index (χ0v) is 22.7. The van der Waals surface area contributed by atoms with Crippen LogP contribution in [0.3, 0.4) is 0 Å². The average molecular weight is 525 g/mol. The number of carbonyl (C=O) groups excluding carboxylic acids is 2. The van der Waals surface area contributed by atoms with Crippen molar-refractivity contribution in [2.24, 2.45) is 0 Å². The number of para-hydroxylation sites is 1. The van der Waals surface area contributed by atoms with Crippen molar-refractivity contribution in [1.82, 2.24) is 14.7 Å². The third kappa shape index (κ3) is 6.16. The lowest BCUT2D eigenvalue weighted by Crippen LogP contribution is -2.43. The highest BCUT2D eigenvalue weighted by atomic mass is 16.5. The van der Waals surface area contributed by atoms with Gasteiger partial charge in [0.25, 0.3) is 11.8 Å². The van der Waals surface area contributed by atoms with Gasteiger partial charge in [0, 0.05) is 36.0 Å². The molecule has 2 amide bonds. The van der Waals surface area contributed by atoms with Gasteiger partial charge in [-0.15, -0.1) is 0 Å². The Morgan fingerprint density at radius 1 is 1.05 bits per heavy atom. The van der Waals surface area contributed by atoms with Crippen LogP contribution in [-0.4, -0.2) is 52.4 Å². The van der Waals surface area contributed by atoms with Crippen LogP contribution >= 0.6 is 0 Å². The maximum absolute atomic E-state index is 13.6. The molecule has 0 saturated heterocycles. The summed E-state index contributed by atoms with van der Waals surface area (Å²) in [6.07, 6.45) is 4.09. The summed E-state index contributed by atoms with van der Waals surface area (Å²) in [5.74, 6) is -0.265. The molecule has 1 aliphatic heterocycles. The fraction of sp³-hybridized carbons (Fsp3) is 0.290. The van der Waals surface area contributed by atoms with E-state index in [9.17, 15) is 14.9 Å². The Morgan fingerprint density at radius 3 is 2.41 bits per heavy atom. The molecule has 3 aromatic rings. The third-order valence-electron chi connectivity index (χ3n) is 6.30. The number of rotatable bonds is 10. The van der Waals surface area contributed by atoms with E-state index in [1.807, 2.05) is 87.6 Å². The van der Waals surface area contributed by atoms with Gasteiger partial charge in [-0.05, 0) is 82.2 Å². The molecule has 4 rings (SSSR count). The fourth-order valence-electron chi connectivity index (χ4n) is 4.34. The van der Waals surface area contributed by atoms with Crippen LogP contribution in [0.25, 0.3) is 23.0 Å². The molecule has 0 bridgehead atoms. The molecule has 39 heavy (non-hydrogen) atoms. The average Bonchev–Trinajstić information content (AvgIpc) is 3.36. The molecule has 2 aromatic carbocycles. The second-order valence-corrected chi connectivity index (χ2v) is 9.38. The first-order valence-corrected chi connectivity index (χ1v) is 13.0. The van der Waals surface area contributed by atoms with Crippen molar-refractivity contribution in [2.45, 2.75) is 40.2 Å². The van der Waals surface area contributed by atoms with E-state index in [1.54, 1.807) is 17.7 Å². The SMILES string of the molecule is CCOc1ccc(-c2nn(-c3ccccc3)cc2/C=C2/C(=O)N(CCCOC(C)C)C(=O)C(C#N)=C2C)cc1. The largest absolute Gasteiger partial charge is 0.494 e. The van der Waals surface area contributed by atoms with Gasteiger partial charge in [0.05, 0.1) is 24.1 Å². The van der Waals surface area contributed by atoms with E-state index in [2.05, 4.69) is 0 Å².